The molecule has 4 heteroatoms. The van der Waals surface area contributed by atoms with Gasteiger partial charge in [-0.1, -0.05) is 22.9 Å². The van der Waals surface area contributed by atoms with E-state index in [0.717, 1.165) is 0 Å². The topological polar surface area (TPSA) is 38.3 Å². The first-order valence-corrected chi connectivity index (χ1v) is 4.69. The van der Waals surface area contributed by atoms with Crippen molar-refractivity contribution in [1.82, 2.24) is 5.32 Å². The highest BCUT2D eigenvalue weighted by atomic mass is 79.9. The van der Waals surface area contributed by atoms with Crippen LogP contribution >= 0.6 is 15.9 Å². The molecule has 0 aliphatic rings. The molecule has 0 aromatic carbocycles. The zero-order valence-electron chi connectivity index (χ0n) is 7.69. The summed E-state index contributed by atoms with van der Waals surface area (Å²) >= 11 is 3.21. The largest absolute Gasteiger partial charge is 0.444 e. The first-order chi connectivity index (χ1) is 5.35. The smallest absolute Gasteiger partial charge is 0.408 e. The molecule has 0 rings (SSSR count). The molecule has 0 fully saturated rings. The van der Waals surface area contributed by atoms with Crippen LogP contribution < -0.4 is 5.32 Å². The average molecular weight is 237 g/mol. The Morgan fingerprint density at radius 2 is 2.17 bits per heavy atom. The van der Waals surface area contributed by atoms with E-state index in [-0.39, 0.29) is 4.95 Å². The third-order valence-corrected chi connectivity index (χ3v) is 1.61. The summed E-state index contributed by atoms with van der Waals surface area (Å²) in [6.07, 6.45) is 0.159. The Kier molecular flexibility index (Phi) is 4.60. The van der Waals surface area contributed by atoms with Crippen molar-refractivity contribution in [3.05, 3.63) is 6.92 Å². The SMILES string of the molecule is [CH2]CC(Br)NC(=O)OC(C)(C)C. The van der Waals surface area contributed by atoms with Gasteiger partial charge in [-0.05, 0) is 27.2 Å². The van der Waals surface area contributed by atoms with E-state index in [2.05, 4.69) is 28.2 Å². The van der Waals surface area contributed by atoms with Crippen molar-refractivity contribution in [1.29, 1.82) is 0 Å². The molecule has 0 aliphatic carbocycles. The predicted molar refractivity (Wildman–Crippen MR) is 52.1 cm³/mol. The van der Waals surface area contributed by atoms with E-state index in [1.54, 1.807) is 0 Å². The fourth-order valence-electron chi connectivity index (χ4n) is 0.508. The highest BCUT2D eigenvalue weighted by molar-refractivity contribution is 9.09. The summed E-state index contributed by atoms with van der Waals surface area (Å²) in [5.74, 6) is 0. The van der Waals surface area contributed by atoms with Crippen LogP contribution in [0.1, 0.15) is 27.2 Å². The summed E-state index contributed by atoms with van der Waals surface area (Å²) in [5, 5.41) is 2.58. The molecule has 1 radical (unpaired) electrons. The van der Waals surface area contributed by atoms with Crippen molar-refractivity contribution in [2.75, 3.05) is 0 Å². The summed E-state index contributed by atoms with van der Waals surface area (Å²) in [4.78, 5) is 10.9. The molecule has 3 nitrogen and oxygen atoms in total. The Balaban J connectivity index is 3.75. The van der Waals surface area contributed by atoms with E-state index in [1.165, 1.54) is 0 Å². The van der Waals surface area contributed by atoms with Gasteiger partial charge in [-0.25, -0.2) is 4.79 Å². The van der Waals surface area contributed by atoms with Crippen molar-refractivity contribution >= 4 is 22.0 Å². The Morgan fingerprint density at radius 3 is 2.50 bits per heavy atom. The van der Waals surface area contributed by atoms with E-state index in [4.69, 9.17) is 4.74 Å². The highest BCUT2D eigenvalue weighted by Gasteiger charge is 2.17. The van der Waals surface area contributed by atoms with Gasteiger partial charge in [0, 0.05) is 0 Å². The number of hydrogen-bond donors (Lipinski definition) is 1. The third-order valence-electron chi connectivity index (χ3n) is 0.927. The van der Waals surface area contributed by atoms with Crippen LogP contribution in [0.2, 0.25) is 0 Å². The van der Waals surface area contributed by atoms with Crippen LogP contribution in [0, 0.1) is 6.92 Å². The number of ether oxygens (including phenoxy) is 1. The molecule has 0 aromatic rings. The number of alkyl carbamates (subject to hydrolysis) is 1. The number of hydrogen-bond acceptors (Lipinski definition) is 2. The van der Waals surface area contributed by atoms with Crippen LogP contribution in [0.5, 0.6) is 0 Å². The first-order valence-electron chi connectivity index (χ1n) is 3.78. The van der Waals surface area contributed by atoms with E-state index >= 15 is 0 Å². The Bertz CT molecular complexity index is 154. The lowest BCUT2D eigenvalue weighted by molar-refractivity contribution is 0.0523. The van der Waals surface area contributed by atoms with Crippen LogP contribution in [0.25, 0.3) is 0 Å². The van der Waals surface area contributed by atoms with Crippen LogP contribution in [-0.4, -0.2) is 16.6 Å². The average Bonchev–Trinajstić information content (AvgIpc) is 1.82. The summed E-state index contributed by atoms with van der Waals surface area (Å²) in [6, 6.07) is 0. The Labute approximate surface area is 82.0 Å². The van der Waals surface area contributed by atoms with Gasteiger partial charge < -0.3 is 10.1 Å². The summed E-state index contributed by atoms with van der Waals surface area (Å²) in [6.45, 7) is 9.08. The normalized spacial score (nSPS) is 13.8. The van der Waals surface area contributed by atoms with Gasteiger partial charge >= 0.3 is 6.09 Å². The maximum absolute atomic E-state index is 11.0. The van der Waals surface area contributed by atoms with Gasteiger partial charge in [0.2, 0.25) is 0 Å². The second-order valence-electron chi connectivity index (χ2n) is 3.40. The van der Waals surface area contributed by atoms with Crippen molar-refractivity contribution in [3.63, 3.8) is 0 Å². The highest BCUT2D eigenvalue weighted by Crippen LogP contribution is 2.08. The lowest BCUT2D eigenvalue weighted by atomic mass is 10.2. The number of nitrogens with one attached hydrogen (secondary N) is 1. The van der Waals surface area contributed by atoms with Gasteiger partial charge in [-0.15, -0.1) is 0 Å². The fraction of sp³-hybridized carbons (Fsp3) is 0.750. The zero-order chi connectivity index (χ0) is 9.78. The number of rotatable bonds is 2. The maximum Gasteiger partial charge on any atom is 0.408 e. The van der Waals surface area contributed by atoms with E-state index in [0.29, 0.717) is 6.42 Å². The number of carbonyl (C=O) groups is 1. The van der Waals surface area contributed by atoms with E-state index in [9.17, 15) is 4.79 Å². The Morgan fingerprint density at radius 1 is 1.67 bits per heavy atom. The van der Waals surface area contributed by atoms with Crippen molar-refractivity contribution in [3.8, 4) is 0 Å². The minimum atomic E-state index is -0.446. The third kappa shape index (κ3) is 6.46. The summed E-state index contributed by atoms with van der Waals surface area (Å²) in [7, 11) is 0. The van der Waals surface area contributed by atoms with Crippen LogP contribution in [-0.2, 0) is 4.74 Å². The summed E-state index contributed by atoms with van der Waals surface area (Å²) in [5.41, 5.74) is -0.446. The zero-order valence-corrected chi connectivity index (χ0v) is 9.27. The predicted octanol–water partition coefficient (Wildman–Crippen LogP) is 2.46. The van der Waals surface area contributed by atoms with Crippen LogP contribution in [0.4, 0.5) is 4.79 Å². The molecular formula is C8H15BrNO2. The first kappa shape index (κ1) is 11.8. The number of halogens is 1. The monoisotopic (exact) mass is 236 g/mol. The van der Waals surface area contributed by atoms with E-state index in [1.807, 2.05) is 20.8 Å². The number of amides is 1. The standard InChI is InChI=1S/C8H15BrNO2/c1-5-6(9)10-7(11)12-8(2,3)4/h6H,1,5H2,2-4H3,(H,10,11). The summed E-state index contributed by atoms with van der Waals surface area (Å²) < 4.78 is 5.00. The van der Waals surface area contributed by atoms with Gasteiger partial charge in [-0.3, -0.25) is 0 Å². The molecule has 0 heterocycles. The molecule has 0 saturated carbocycles. The van der Waals surface area contributed by atoms with Crippen LogP contribution in [0.3, 0.4) is 0 Å². The number of carbonyl (C=O) groups excluding carboxylic acids is 1. The molecule has 12 heavy (non-hydrogen) atoms. The molecule has 0 spiro atoms. The molecule has 71 valence electrons. The van der Waals surface area contributed by atoms with Crippen LogP contribution in [0.15, 0.2) is 0 Å². The van der Waals surface area contributed by atoms with Gasteiger partial charge in [-0.2, -0.15) is 0 Å². The van der Waals surface area contributed by atoms with Crippen molar-refractivity contribution in [2.45, 2.75) is 37.7 Å². The van der Waals surface area contributed by atoms with Gasteiger partial charge in [0.1, 0.15) is 5.60 Å². The molecule has 1 atom stereocenters. The maximum atomic E-state index is 11.0. The second kappa shape index (κ2) is 4.70. The van der Waals surface area contributed by atoms with Gasteiger partial charge in [0.15, 0.2) is 0 Å². The molecule has 1 unspecified atom stereocenters. The molecule has 1 amide bonds. The molecule has 0 saturated heterocycles. The Hall–Kier alpha value is -0.250. The van der Waals surface area contributed by atoms with E-state index < -0.39 is 11.7 Å². The van der Waals surface area contributed by atoms with Gasteiger partial charge in [0.05, 0.1) is 4.95 Å². The lowest BCUT2D eigenvalue weighted by Gasteiger charge is -2.20. The lowest BCUT2D eigenvalue weighted by Crippen LogP contribution is -2.36. The second-order valence-corrected chi connectivity index (χ2v) is 4.51. The molecule has 1 N–H and O–H groups in total. The molecule has 0 aromatic heterocycles. The fourth-order valence-corrected chi connectivity index (χ4v) is 0.695. The minimum absolute atomic E-state index is 0.118. The molecule has 0 bridgehead atoms. The van der Waals surface area contributed by atoms with Crippen molar-refractivity contribution < 1.29 is 9.53 Å². The van der Waals surface area contributed by atoms with Crippen molar-refractivity contribution in [2.24, 2.45) is 0 Å². The minimum Gasteiger partial charge on any atom is -0.444 e. The number of alkyl halides is 1. The van der Waals surface area contributed by atoms with Gasteiger partial charge in [0.25, 0.3) is 0 Å². The molecule has 0 aliphatic heterocycles. The molecular weight excluding hydrogens is 222 g/mol. The quantitative estimate of drug-likeness (QED) is 0.591.